The SMILES string of the molecule is CN(Cc1ccc(Br)s1)C(=O)c1ccc(F)c(S(=O)(=O)N(C)C)c1. The smallest absolute Gasteiger partial charge is 0.253 e. The van der Waals surface area contributed by atoms with Crippen LogP contribution in [0.2, 0.25) is 0 Å². The van der Waals surface area contributed by atoms with E-state index in [1.54, 1.807) is 7.05 Å². The van der Waals surface area contributed by atoms with E-state index >= 15 is 0 Å². The molecule has 0 aliphatic heterocycles. The Labute approximate surface area is 152 Å². The molecule has 2 aromatic rings. The first-order chi connectivity index (χ1) is 11.1. The third-order valence-electron chi connectivity index (χ3n) is 3.31. The van der Waals surface area contributed by atoms with Crippen LogP contribution in [0.1, 0.15) is 15.2 Å². The standard InChI is InChI=1S/C15H16BrFN2O3S2/c1-18(2)24(21,22)13-8-10(4-6-12(13)17)15(20)19(3)9-11-5-7-14(16)23-11/h4-8H,9H2,1-3H3. The molecule has 0 aliphatic carbocycles. The van der Waals surface area contributed by atoms with E-state index in [0.29, 0.717) is 6.54 Å². The Hall–Kier alpha value is -1.29. The molecule has 1 heterocycles. The average molecular weight is 435 g/mol. The lowest BCUT2D eigenvalue weighted by atomic mass is 10.2. The fraction of sp³-hybridized carbons (Fsp3) is 0.267. The summed E-state index contributed by atoms with van der Waals surface area (Å²) in [4.78, 5) is 14.4. The summed E-state index contributed by atoms with van der Waals surface area (Å²) in [5, 5.41) is 0. The zero-order valence-corrected chi connectivity index (χ0v) is 16.5. The van der Waals surface area contributed by atoms with E-state index in [1.165, 1.54) is 36.4 Å². The van der Waals surface area contributed by atoms with Crippen molar-refractivity contribution >= 4 is 43.2 Å². The van der Waals surface area contributed by atoms with Crippen LogP contribution in [-0.2, 0) is 16.6 Å². The number of halogens is 2. The molecule has 1 amide bonds. The lowest BCUT2D eigenvalue weighted by molar-refractivity contribution is 0.0786. The molecule has 0 N–H and O–H groups in total. The highest BCUT2D eigenvalue weighted by atomic mass is 79.9. The predicted molar refractivity (Wildman–Crippen MR) is 95.1 cm³/mol. The molecule has 9 heteroatoms. The van der Waals surface area contributed by atoms with Gasteiger partial charge < -0.3 is 4.90 Å². The van der Waals surface area contributed by atoms with Gasteiger partial charge in [0.1, 0.15) is 10.7 Å². The lowest BCUT2D eigenvalue weighted by Gasteiger charge is -2.18. The molecule has 0 fully saturated rings. The number of benzene rings is 1. The summed E-state index contributed by atoms with van der Waals surface area (Å²) >= 11 is 4.86. The second-order valence-electron chi connectivity index (χ2n) is 5.30. The van der Waals surface area contributed by atoms with E-state index in [1.807, 2.05) is 12.1 Å². The van der Waals surface area contributed by atoms with Gasteiger partial charge in [-0.05, 0) is 46.3 Å². The number of thiophene rings is 1. The molecule has 0 saturated heterocycles. The first-order valence-electron chi connectivity index (χ1n) is 6.84. The molecular formula is C15H16BrFN2O3S2. The molecule has 1 aromatic carbocycles. The van der Waals surface area contributed by atoms with Gasteiger partial charge in [0.05, 0.1) is 10.3 Å². The van der Waals surface area contributed by atoms with Crippen LogP contribution in [0.25, 0.3) is 0 Å². The molecule has 0 spiro atoms. The van der Waals surface area contributed by atoms with Gasteiger partial charge in [-0.3, -0.25) is 4.79 Å². The van der Waals surface area contributed by atoms with Gasteiger partial charge in [0.25, 0.3) is 5.91 Å². The van der Waals surface area contributed by atoms with Crippen LogP contribution < -0.4 is 0 Å². The fourth-order valence-electron chi connectivity index (χ4n) is 1.99. The van der Waals surface area contributed by atoms with Crippen molar-refractivity contribution in [3.8, 4) is 0 Å². The normalized spacial score (nSPS) is 11.8. The number of nitrogens with zero attached hydrogens (tertiary/aromatic N) is 2. The van der Waals surface area contributed by atoms with Crippen molar-refractivity contribution < 1.29 is 17.6 Å². The summed E-state index contributed by atoms with van der Waals surface area (Å²) < 4.78 is 40.1. The Morgan fingerprint density at radius 1 is 1.21 bits per heavy atom. The number of carbonyl (C=O) groups excluding carboxylic acids is 1. The van der Waals surface area contributed by atoms with Crippen LogP contribution in [0.15, 0.2) is 39.0 Å². The second-order valence-corrected chi connectivity index (χ2v) is 9.97. The van der Waals surface area contributed by atoms with Crippen LogP contribution in [0, 0.1) is 5.82 Å². The molecular weight excluding hydrogens is 419 g/mol. The predicted octanol–water partition coefficient (Wildman–Crippen LogP) is 3.17. The number of sulfonamides is 1. The van der Waals surface area contributed by atoms with E-state index in [-0.39, 0.29) is 11.5 Å². The van der Waals surface area contributed by atoms with Gasteiger partial charge in [-0.1, -0.05) is 0 Å². The Morgan fingerprint density at radius 3 is 2.42 bits per heavy atom. The van der Waals surface area contributed by atoms with E-state index in [4.69, 9.17) is 0 Å². The van der Waals surface area contributed by atoms with Crippen LogP contribution in [0.4, 0.5) is 4.39 Å². The molecule has 0 radical (unpaired) electrons. The third-order valence-corrected chi connectivity index (χ3v) is 6.74. The highest BCUT2D eigenvalue weighted by molar-refractivity contribution is 9.11. The number of amides is 1. The molecule has 24 heavy (non-hydrogen) atoms. The third kappa shape index (κ3) is 4.02. The van der Waals surface area contributed by atoms with Gasteiger partial charge >= 0.3 is 0 Å². The van der Waals surface area contributed by atoms with Crippen molar-refractivity contribution in [1.29, 1.82) is 0 Å². The van der Waals surface area contributed by atoms with Crippen LogP contribution in [0.5, 0.6) is 0 Å². The summed E-state index contributed by atoms with van der Waals surface area (Å²) in [5.41, 5.74) is 0.120. The zero-order chi connectivity index (χ0) is 18.1. The monoisotopic (exact) mass is 434 g/mol. The van der Waals surface area contributed by atoms with Gasteiger partial charge in [0, 0.05) is 31.6 Å². The molecule has 5 nitrogen and oxygen atoms in total. The van der Waals surface area contributed by atoms with E-state index in [2.05, 4.69) is 15.9 Å². The average Bonchev–Trinajstić information content (AvgIpc) is 2.91. The summed E-state index contributed by atoms with van der Waals surface area (Å²) in [7, 11) is 0.268. The molecule has 0 unspecified atom stereocenters. The maximum Gasteiger partial charge on any atom is 0.253 e. The summed E-state index contributed by atoms with van der Waals surface area (Å²) in [6.07, 6.45) is 0. The topological polar surface area (TPSA) is 57.7 Å². The van der Waals surface area contributed by atoms with Crippen LogP contribution >= 0.6 is 27.3 Å². The van der Waals surface area contributed by atoms with Gasteiger partial charge in [0.15, 0.2) is 0 Å². The minimum Gasteiger partial charge on any atom is -0.337 e. The van der Waals surface area contributed by atoms with Crippen molar-refractivity contribution in [2.75, 3.05) is 21.1 Å². The van der Waals surface area contributed by atoms with Crippen molar-refractivity contribution in [3.63, 3.8) is 0 Å². The molecule has 2 rings (SSSR count). The fourth-order valence-corrected chi connectivity index (χ4v) is 4.51. The van der Waals surface area contributed by atoms with Gasteiger partial charge in [-0.2, -0.15) is 0 Å². The summed E-state index contributed by atoms with van der Waals surface area (Å²) in [6, 6.07) is 7.14. The highest BCUT2D eigenvalue weighted by Gasteiger charge is 2.24. The molecule has 130 valence electrons. The van der Waals surface area contributed by atoms with Crippen molar-refractivity contribution in [2.45, 2.75) is 11.4 Å². The zero-order valence-electron chi connectivity index (χ0n) is 13.3. The largest absolute Gasteiger partial charge is 0.337 e. The molecule has 1 aromatic heterocycles. The minimum atomic E-state index is -3.96. The molecule has 0 atom stereocenters. The van der Waals surface area contributed by atoms with Crippen LogP contribution in [-0.4, -0.2) is 44.7 Å². The number of rotatable bonds is 5. The van der Waals surface area contributed by atoms with Crippen molar-refractivity contribution in [3.05, 3.63) is 50.4 Å². The van der Waals surface area contributed by atoms with E-state index < -0.39 is 20.7 Å². The van der Waals surface area contributed by atoms with Gasteiger partial charge in [-0.25, -0.2) is 17.1 Å². The van der Waals surface area contributed by atoms with Crippen LogP contribution in [0.3, 0.4) is 0 Å². The Morgan fingerprint density at radius 2 is 1.88 bits per heavy atom. The lowest BCUT2D eigenvalue weighted by Crippen LogP contribution is -2.27. The van der Waals surface area contributed by atoms with Crippen molar-refractivity contribution in [2.24, 2.45) is 0 Å². The number of hydrogen-bond donors (Lipinski definition) is 0. The first-order valence-corrected chi connectivity index (χ1v) is 9.89. The minimum absolute atomic E-state index is 0.120. The Kier molecular flexibility index (Phi) is 5.79. The molecule has 0 saturated carbocycles. The number of hydrogen-bond acceptors (Lipinski definition) is 4. The maximum atomic E-state index is 13.9. The van der Waals surface area contributed by atoms with Gasteiger partial charge in [0.2, 0.25) is 10.0 Å². The van der Waals surface area contributed by atoms with E-state index in [0.717, 1.165) is 25.1 Å². The highest BCUT2D eigenvalue weighted by Crippen LogP contribution is 2.24. The summed E-state index contributed by atoms with van der Waals surface area (Å²) in [5.74, 6) is -1.26. The molecule has 0 bridgehead atoms. The summed E-state index contributed by atoms with van der Waals surface area (Å²) in [6.45, 7) is 0.377. The Balaban J connectivity index is 2.30. The van der Waals surface area contributed by atoms with Crippen molar-refractivity contribution in [1.82, 2.24) is 9.21 Å². The Bertz CT molecular complexity index is 865. The quantitative estimate of drug-likeness (QED) is 0.725. The first kappa shape index (κ1) is 19.0. The van der Waals surface area contributed by atoms with Gasteiger partial charge in [-0.15, -0.1) is 11.3 Å². The molecule has 0 aliphatic rings. The second kappa shape index (κ2) is 7.30. The van der Waals surface area contributed by atoms with E-state index in [9.17, 15) is 17.6 Å². The maximum absolute atomic E-state index is 13.9. The number of carbonyl (C=O) groups is 1.